The number of hydrogen-bond acceptors (Lipinski definition) is 6. The molecule has 3 aromatic rings. The number of carbonyl (C=O) groups is 3. The minimum absolute atomic E-state index is 0.00944. The highest BCUT2D eigenvalue weighted by atomic mass is 16.5. The number of anilines is 2. The first-order valence-electron chi connectivity index (χ1n) is 11.8. The van der Waals surface area contributed by atoms with Gasteiger partial charge in [-0.2, -0.15) is 0 Å². The summed E-state index contributed by atoms with van der Waals surface area (Å²) < 4.78 is 4.80. The summed E-state index contributed by atoms with van der Waals surface area (Å²) in [5.74, 6) is -0.736. The van der Waals surface area contributed by atoms with Gasteiger partial charge in [0.25, 0.3) is 11.8 Å². The van der Waals surface area contributed by atoms with Crippen molar-refractivity contribution in [1.82, 2.24) is 10.2 Å². The minimum Gasteiger partial charge on any atom is -0.465 e. The molecule has 2 amide bonds. The summed E-state index contributed by atoms with van der Waals surface area (Å²) in [5, 5.41) is 9.51. The largest absolute Gasteiger partial charge is 0.465 e. The fourth-order valence-corrected chi connectivity index (χ4v) is 4.44. The van der Waals surface area contributed by atoms with E-state index in [9.17, 15) is 14.4 Å². The molecule has 0 aromatic heterocycles. The summed E-state index contributed by atoms with van der Waals surface area (Å²) >= 11 is 0. The number of esters is 1. The number of rotatable bonds is 5. The van der Waals surface area contributed by atoms with Gasteiger partial charge in [-0.05, 0) is 42.0 Å². The van der Waals surface area contributed by atoms with Crippen LogP contribution in [0, 0.1) is 0 Å². The van der Waals surface area contributed by atoms with Crippen LogP contribution in [0.15, 0.2) is 72.8 Å². The lowest BCUT2D eigenvalue weighted by Gasteiger charge is -2.27. The topological polar surface area (TPSA) is 99.8 Å². The predicted molar refractivity (Wildman–Crippen MR) is 139 cm³/mol. The summed E-state index contributed by atoms with van der Waals surface area (Å²) in [6.07, 6.45) is 0. The molecule has 0 bridgehead atoms. The SMILES string of the molecule is COC(=O)c1ccc2c(c1)NC(=O)/C2=C(\Nc1ccc(C(=O)N2CCNCC2)cc1)c1ccccc1. The van der Waals surface area contributed by atoms with E-state index in [2.05, 4.69) is 16.0 Å². The number of ether oxygens (including phenoxy) is 1. The lowest BCUT2D eigenvalue weighted by Crippen LogP contribution is -2.46. The van der Waals surface area contributed by atoms with Crippen LogP contribution in [0.2, 0.25) is 0 Å². The van der Waals surface area contributed by atoms with Crippen molar-refractivity contribution in [2.75, 3.05) is 43.9 Å². The van der Waals surface area contributed by atoms with E-state index in [1.54, 1.807) is 30.3 Å². The minimum atomic E-state index is -0.471. The highest BCUT2D eigenvalue weighted by Crippen LogP contribution is 2.38. The third-order valence-corrected chi connectivity index (χ3v) is 6.30. The van der Waals surface area contributed by atoms with Gasteiger partial charge in [-0.3, -0.25) is 9.59 Å². The summed E-state index contributed by atoms with van der Waals surface area (Å²) in [6.45, 7) is 2.97. The first-order valence-corrected chi connectivity index (χ1v) is 11.8. The molecule has 0 atom stereocenters. The number of amides is 2. The number of carbonyl (C=O) groups excluding carboxylic acids is 3. The Labute approximate surface area is 209 Å². The molecule has 2 aliphatic rings. The molecule has 0 saturated carbocycles. The second-order valence-electron chi connectivity index (χ2n) is 8.57. The van der Waals surface area contributed by atoms with Crippen molar-refractivity contribution in [3.63, 3.8) is 0 Å². The Hall–Kier alpha value is -4.43. The lowest BCUT2D eigenvalue weighted by atomic mass is 9.99. The van der Waals surface area contributed by atoms with Crippen molar-refractivity contribution < 1.29 is 19.1 Å². The van der Waals surface area contributed by atoms with E-state index in [-0.39, 0.29) is 11.8 Å². The standard InChI is InChI=1S/C28H26N4O4/c1-36-28(35)20-9-12-22-23(17-20)31-26(33)24(22)25(18-5-3-2-4-6-18)30-21-10-7-19(8-11-21)27(34)32-15-13-29-14-16-32/h2-12,17,29-30H,13-16H2,1H3,(H,31,33)/b25-24-. The molecule has 2 aliphatic heterocycles. The number of methoxy groups -OCH3 is 1. The van der Waals surface area contributed by atoms with Crippen LogP contribution in [0.1, 0.15) is 31.8 Å². The van der Waals surface area contributed by atoms with Crippen LogP contribution in [0.4, 0.5) is 11.4 Å². The Morgan fingerprint density at radius 3 is 2.28 bits per heavy atom. The van der Waals surface area contributed by atoms with Gasteiger partial charge < -0.3 is 25.6 Å². The lowest BCUT2D eigenvalue weighted by molar-refractivity contribution is -0.110. The first kappa shape index (κ1) is 23.3. The zero-order valence-corrected chi connectivity index (χ0v) is 19.8. The highest BCUT2D eigenvalue weighted by Gasteiger charge is 2.29. The molecule has 2 heterocycles. The van der Waals surface area contributed by atoms with Gasteiger partial charge in [0.05, 0.1) is 29.6 Å². The quantitative estimate of drug-likeness (QED) is 0.381. The second-order valence-corrected chi connectivity index (χ2v) is 8.57. The molecule has 0 spiro atoms. The Morgan fingerprint density at radius 2 is 1.58 bits per heavy atom. The fourth-order valence-electron chi connectivity index (χ4n) is 4.44. The maximum atomic E-state index is 13.1. The molecule has 3 N–H and O–H groups in total. The van der Waals surface area contributed by atoms with Crippen molar-refractivity contribution in [2.45, 2.75) is 0 Å². The van der Waals surface area contributed by atoms with Crippen molar-refractivity contribution in [1.29, 1.82) is 0 Å². The van der Waals surface area contributed by atoms with Gasteiger partial charge in [-0.25, -0.2) is 4.79 Å². The molecule has 36 heavy (non-hydrogen) atoms. The summed E-state index contributed by atoms with van der Waals surface area (Å²) in [5.41, 5.74) is 4.87. The summed E-state index contributed by atoms with van der Waals surface area (Å²) in [7, 11) is 1.32. The number of nitrogens with one attached hydrogen (secondary N) is 3. The van der Waals surface area contributed by atoms with Gasteiger partial charge in [0, 0.05) is 43.0 Å². The third-order valence-electron chi connectivity index (χ3n) is 6.30. The van der Waals surface area contributed by atoms with E-state index < -0.39 is 5.97 Å². The Balaban J connectivity index is 1.50. The van der Waals surface area contributed by atoms with Crippen LogP contribution in [0.5, 0.6) is 0 Å². The Kier molecular flexibility index (Phi) is 6.51. The van der Waals surface area contributed by atoms with Crippen LogP contribution < -0.4 is 16.0 Å². The molecular weight excluding hydrogens is 456 g/mol. The van der Waals surface area contributed by atoms with Crippen LogP contribution in [-0.2, 0) is 9.53 Å². The molecule has 3 aromatic carbocycles. The van der Waals surface area contributed by atoms with Crippen molar-refractivity contribution in [3.8, 4) is 0 Å². The van der Waals surface area contributed by atoms with E-state index in [1.165, 1.54) is 7.11 Å². The van der Waals surface area contributed by atoms with Crippen molar-refractivity contribution in [2.24, 2.45) is 0 Å². The summed E-state index contributed by atoms with van der Waals surface area (Å²) in [4.78, 5) is 39.8. The van der Waals surface area contributed by atoms with Crippen LogP contribution in [0.3, 0.4) is 0 Å². The van der Waals surface area contributed by atoms with Gasteiger partial charge >= 0.3 is 5.97 Å². The molecule has 8 nitrogen and oxygen atoms in total. The molecule has 0 radical (unpaired) electrons. The second kappa shape index (κ2) is 10.1. The monoisotopic (exact) mass is 482 g/mol. The number of benzene rings is 3. The molecule has 0 aliphatic carbocycles. The van der Waals surface area contributed by atoms with E-state index >= 15 is 0 Å². The zero-order chi connectivity index (χ0) is 25.1. The molecule has 1 saturated heterocycles. The molecule has 182 valence electrons. The average molecular weight is 483 g/mol. The number of nitrogens with zero attached hydrogens (tertiary/aromatic N) is 1. The van der Waals surface area contributed by atoms with Gasteiger partial charge in [0.15, 0.2) is 0 Å². The smallest absolute Gasteiger partial charge is 0.337 e. The maximum Gasteiger partial charge on any atom is 0.337 e. The van der Waals surface area contributed by atoms with E-state index in [0.717, 1.165) is 24.3 Å². The van der Waals surface area contributed by atoms with Crippen molar-refractivity contribution >= 4 is 40.4 Å². The molecular formula is C28H26N4O4. The molecule has 5 rings (SSSR count). The fraction of sp³-hybridized carbons (Fsp3) is 0.179. The Morgan fingerprint density at radius 1 is 0.889 bits per heavy atom. The summed E-state index contributed by atoms with van der Waals surface area (Å²) in [6, 6.07) is 21.8. The van der Waals surface area contributed by atoms with Crippen LogP contribution in [-0.4, -0.2) is 56.0 Å². The number of fused-ring (bicyclic) bond motifs is 1. The predicted octanol–water partition coefficient (Wildman–Crippen LogP) is 3.45. The maximum absolute atomic E-state index is 13.1. The van der Waals surface area contributed by atoms with Crippen LogP contribution >= 0.6 is 0 Å². The van der Waals surface area contributed by atoms with Gasteiger partial charge in [0.2, 0.25) is 0 Å². The highest BCUT2D eigenvalue weighted by molar-refractivity contribution is 6.37. The first-order chi connectivity index (χ1) is 17.5. The van der Waals surface area contributed by atoms with E-state index in [1.807, 2.05) is 47.4 Å². The molecule has 1 fully saturated rings. The van der Waals surface area contributed by atoms with Gasteiger partial charge in [-0.15, -0.1) is 0 Å². The van der Waals surface area contributed by atoms with E-state index in [0.29, 0.717) is 46.7 Å². The van der Waals surface area contributed by atoms with E-state index in [4.69, 9.17) is 4.74 Å². The number of piperazine rings is 1. The third kappa shape index (κ3) is 4.58. The van der Waals surface area contributed by atoms with Gasteiger partial charge in [-0.1, -0.05) is 36.4 Å². The molecule has 8 heteroatoms. The zero-order valence-electron chi connectivity index (χ0n) is 19.8. The van der Waals surface area contributed by atoms with Crippen LogP contribution in [0.25, 0.3) is 11.3 Å². The number of hydrogen-bond donors (Lipinski definition) is 3. The normalized spacial score (nSPS) is 16.1. The Bertz CT molecular complexity index is 1340. The van der Waals surface area contributed by atoms with Crippen molar-refractivity contribution in [3.05, 3.63) is 95.1 Å². The van der Waals surface area contributed by atoms with Gasteiger partial charge in [0.1, 0.15) is 0 Å². The average Bonchev–Trinajstić information content (AvgIpc) is 3.26. The molecule has 0 unspecified atom stereocenters.